The van der Waals surface area contributed by atoms with Crippen LogP contribution in [0.2, 0.25) is 5.02 Å². The van der Waals surface area contributed by atoms with Gasteiger partial charge in [-0.3, -0.25) is 14.4 Å². The summed E-state index contributed by atoms with van der Waals surface area (Å²) >= 11 is 5.84. The zero-order chi connectivity index (χ0) is 17.1. The van der Waals surface area contributed by atoms with Crippen molar-refractivity contribution in [1.82, 2.24) is 0 Å². The number of hydrogen-bond acceptors (Lipinski definition) is 6. The minimum Gasteiger partial charge on any atom is -0.503 e. The number of benzene rings is 1. The summed E-state index contributed by atoms with van der Waals surface area (Å²) in [5.41, 5.74) is 0.460. The maximum Gasteiger partial charge on any atom is 0.329 e. The van der Waals surface area contributed by atoms with Crippen molar-refractivity contribution in [3.05, 3.63) is 40.6 Å². The second-order valence-corrected chi connectivity index (χ2v) is 5.21. The van der Waals surface area contributed by atoms with Crippen LogP contribution in [0, 0.1) is 5.92 Å². The summed E-state index contributed by atoms with van der Waals surface area (Å²) < 4.78 is 9.73. The van der Waals surface area contributed by atoms with Crippen molar-refractivity contribution in [1.29, 1.82) is 0 Å². The van der Waals surface area contributed by atoms with Crippen molar-refractivity contribution < 1.29 is 29.0 Å². The number of carbonyl (C=O) groups excluding carboxylic acids is 3. The summed E-state index contributed by atoms with van der Waals surface area (Å²) in [7, 11) is 1.36. The number of esters is 1. The third-order valence-electron chi connectivity index (χ3n) is 3.12. The van der Waals surface area contributed by atoms with Crippen LogP contribution < -0.4 is 4.74 Å². The Hall–Kier alpha value is -2.60. The molecule has 0 spiro atoms. The van der Waals surface area contributed by atoms with E-state index in [4.69, 9.17) is 21.1 Å². The maximum absolute atomic E-state index is 12.1. The van der Waals surface area contributed by atoms with Crippen LogP contribution in [-0.4, -0.2) is 29.8 Å². The second-order valence-electron chi connectivity index (χ2n) is 4.80. The molecule has 1 aromatic carbocycles. The van der Waals surface area contributed by atoms with Gasteiger partial charge in [0.1, 0.15) is 5.76 Å². The lowest BCUT2D eigenvalue weighted by Crippen LogP contribution is -2.34. The minimum absolute atomic E-state index is 0.0446. The van der Waals surface area contributed by atoms with Gasteiger partial charge in [0, 0.05) is 6.08 Å². The molecule has 1 heterocycles. The molecule has 0 fully saturated rings. The monoisotopic (exact) mass is 336 g/mol. The van der Waals surface area contributed by atoms with Gasteiger partial charge in [-0.2, -0.15) is 0 Å². The first-order chi connectivity index (χ1) is 10.8. The Kier molecular flexibility index (Phi) is 4.86. The summed E-state index contributed by atoms with van der Waals surface area (Å²) in [4.78, 5) is 35.5. The van der Waals surface area contributed by atoms with Crippen LogP contribution in [0.1, 0.15) is 12.5 Å². The van der Waals surface area contributed by atoms with E-state index in [0.29, 0.717) is 5.56 Å². The molecule has 6 nitrogen and oxygen atoms in total. The number of rotatable bonds is 4. The van der Waals surface area contributed by atoms with Gasteiger partial charge in [0.25, 0.3) is 0 Å². The van der Waals surface area contributed by atoms with Crippen molar-refractivity contribution in [3.8, 4) is 11.5 Å². The number of phenols is 1. The van der Waals surface area contributed by atoms with Gasteiger partial charge in [-0.15, -0.1) is 0 Å². The van der Waals surface area contributed by atoms with Crippen LogP contribution in [0.3, 0.4) is 0 Å². The fourth-order valence-corrected chi connectivity index (χ4v) is 2.24. The fraction of sp³-hybridized carbons (Fsp3) is 0.188. The largest absolute Gasteiger partial charge is 0.503 e. The number of carbonyl (C=O) groups is 3. The average molecular weight is 337 g/mol. The molecule has 0 saturated heterocycles. The number of phenolic OH excluding ortho intramolecular Hbond substituents is 1. The van der Waals surface area contributed by atoms with Gasteiger partial charge in [0.15, 0.2) is 29.0 Å². The Labute approximate surface area is 137 Å². The summed E-state index contributed by atoms with van der Waals surface area (Å²) in [5, 5.41) is 9.68. The van der Waals surface area contributed by atoms with Gasteiger partial charge >= 0.3 is 5.97 Å². The highest BCUT2D eigenvalue weighted by Crippen LogP contribution is 2.35. The van der Waals surface area contributed by atoms with E-state index in [1.54, 1.807) is 0 Å². The van der Waals surface area contributed by atoms with Gasteiger partial charge in [0.05, 0.1) is 12.1 Å². The zero-order valence-corrected chi connectivity index (χ0v) is 13.1. The molecule has 0 saturated carbocycles. The van der Waals surface area contributed by atoms with Crippen LogP contribution >= 0.6 is 11.6 Å². The fourth-order valence-electron chi connectivity index (χ4n) is 2.02. The van der Waals surface area contributed by atoms with E-state index in [9.17, 15) is 19.5 Å². The Bertz CT molecular complexity index is 747. The third-order valence-corrected chi connectivity index (χ3v) is 3.41. The molecule has 0 aromatic heterocycles. The highest BCUT2D eigenvalue weighted by atomic mass is 35.5. The summed E-state index contributed by atoms with van der Waals surface area (Å²) in [6.45, 7) is 1.46. The lowest BCUT2D eigenvalue weighted by Gasteiger charge is -2.15. The number of ketones is 2. The molecule has 2 rings (SSSR count). The first-order valence-corrected chi connectivity index (χ1v) is 6.93. The van der Waals surface area contributed by atoms with Gasteiger partial charge in [0.2, 0.25) is 0 Å². The molecule has 0 aliphatic carbocycles. The molecule has 1 N–H and O–H groups in total. The number of aromatic hydroxyl groups is 1. The van der Waals surface area contributed by atoms with E-state index >= 15 is 0 Å². The van der Waals surface area contributed by atoms with E-state index in [-0.39, 0.29) is 22.3 Å². The van der Waals surface area contributed by atoms with Gasteiger partial charge in [-0.05, 0) is 30.7 Å². The van der Waals surface area contributed by atoms with E-state index in [0.717, 1.165) is 12.2 Å². The Morgan fingerprint density at radius 1 is 1.39 bits per heavy atom. The van der Waals surface area contributed by atoms with Crippen LogP contribution in [-0.2, 0) is 19.1 Å². The molecule has 0 amide bonds. The highest BCUT2D eigenvalue weighted by molar-refractivity contribution is 6.32. The molecule has 1 atom stereocenters. The van der Waals surface area contributed by atoms with Crippen molar-refractivity contribution in [2.24, 2.45) is 5.92 Å². The molecule has 23 heavy (non-hydrogen) atoms. The zero-order valence-electron chi connectivity index (χ0n) is 12.3. The van der Waals surface area contributed by atoms with E-state index in [1.807, 2.05) is 0 Å². The van der Waals surface area contributed by atoms with Gasteiger partial charge < -0.3 is 14.6 Å². The van der Waals surface area contributed by atoms with Crippen LogP contribution in [0.5, 0.6) is 11.5 Å². The standard InChI is InChI=1S/C16H13ClO6/c1-8-5-12(19)14(16(21)23-8)11(18)4-3-9-6-10(17)15(20)13(7-9)22-2/h3-7,14,20H,1-2H3. The molecule has 120 valence electrons. The number of halogens is 1. The Morgan fingerprint density at radius 3 is 2.70 bits per heavy atom. The van der Waals surface area contributed by atoms with Crippen LogP contribution in [0.25, 0.3) is 6.08 Å². The molecule has 1 aliphatic heterocycles. The van der Waals surface area contributed by atoms with Crippen molar-refractivity contribution in [2.45, 2.75) is 6.92 Å². The normalized spacial score (nSPS) is 17.9. The van der Waals surface area contributed by atoms with Crippen molar-refractivity contribution >= 4 is 35.2 Å². The predicted octanol–water partition coefficient (Wildman–Crippen LogP) is 2.28. The van der Waals surface area contributed by atoms with Gasteiger partial charge in [-0.1, -0.05) is 17.7 Å². The first-order valence-electron chi connectivity index (χ1n) is 6.55. The topological polar surface area (TPSA) is 89.9 Å². The smallest absolute Gasteiger partial charge is 0.329 e. The second kappa shape index (κ2) is 6.66. The number of hydrogen-bond donors (Lipinski definition) is 1. The number of cyclic esters (lactones) is 1. The Balaban J connectivity index is 2.24. The number of ether oxygens (including phenoxy) is 2. The molecule has 7 heteroatoms. The molecular formula is C16H13ClO6. The molecule has 1 unspecified atom stereocenters. The van der Waals surface area contributed by atoms with Crippen LogP contribution in [0.15, 0.2) is 30.0 Å². The molecule has 1 aliphatic rings. The van der Waals surface area contributed by atoms with Crippen molar-refractivity contribution in [2.75, 3.05) is 7.11 Å². The maximum atomic E-state index is 12.1. The minimum atomic E-state index is -1.50. The van der Waals surface area contributed by atoms with Gasteiger partial charge in [-0.25, -0.2) is 0 Å². The lowest BCUT2D eigenvalue weighted by atomic mass is 9.96. The molecule has 0 bridgehead atoms. The van der Waals surface area contributed by atoms with E-state index in [2.05, 4.69) is 0 Å². The molecule has 1 aromatic rings. The SMILES string of the molecule is COc1cc(C=CC(=O)C2C(=O)C=C(C)OC2=O)cc(Cl)c1O. The van der Waals surface area contributed by atoms with Crippen molar-refractivity contribution in [3.63, 3.8) is 0 Å². The summed E-state index contributed by atoms with van der Waals surface area (Å²) in [5.74, 6) is -3.64. The van der Waals surface area contributed by atoms with E-state index in [1.165, 1.54) is 32.2 Å². The number of methoxy groups -OCH3 is 1. The quantitative estimate of drug-likeness (QED) is 0.515. The lowest BCUT2D eigenvalue weighted by molar-refractivity contribution is -0.151. The molecular weight excluding hydrogens is 324 g/mol. The van der Waals surface area contributed by atoms with E-state index < -0.39 is 23.5 Å². The first kappa shape index (κ1) is 16.8. The number of allylic oxidation sites excluding steroid dienone is 3. The third kappa shape index (κ3) is 3.60. The highest BCUT2D eigenvalue weighted by Gasteiger charge is 2.36. The summed E-state index contributed by atoms with van der Waals surface area (Å²) in [6, 6.07) is 2.87. The summed E-state index contributed by atoms with van der Waals surface area (Å²) in [6.07, 6.45) is 3.56. The van der Waals surface area contributed by atoms with Crippen LogP contribution in [0.4, 0.5) is 0 Å². The average Bonchev–Trinajstić information content (AvgIpc) is 2.47. The molecule has 0 radical (unpaired) electrons. The Morgan fingerprint density at radius 2 is 2.09 bits per heavy atom. The predicted molar refractivity (Wildman–Crippen MR) is 82.1 cm³/mol.